The minimum atomic E-state index is -3.73. The standard InChI is InChI=1S/C18H20N2O4S/c1-20(25(21,22)18-7-5-4-6-15(18)13-19)11-10-14-8-9-16(23-2)17(12-14)24-3/h4-9,12H,10-11H2,1-3H3. The average molecular weight is 360 g/mol. The van der Waals surface area contributed by atoms with Crippen molar-refractivity contribution in [3.63, 3.8) is 0 Å². The summed E-state index contributed by atoms with van der Waals surface area (Å²) in [6, 6.07) is 13.6. The SMILES string of the molecule is COc1ccc(CCN(C)S(=O)(=O)c2ccccc2C#N)cc1OC. The first-order chi connectivity index (χ1) is 11.9. The number of nitriles is 1. The second-order valence-corrected chi connectivity index (χ2v) is 7.39. The van der Waals surface area contributed by atoms with Crippen molar-refractivity contribution in [1.82, 2.24) is 4.31 Å². The maximum Gasteiger partial charge on any atom is 0.244 e. The molecule has 0 aliphatic carbocycles. The molecule has 0 saturated heterocycles. The quantitative estimate of drug-likeness (QED) is 0.758. The lowest BCUT2D eigenvalue weighted by Gasteiger charge is -2.18. The Labute approximate surface area is 148 Å². The van der Waals surface area contributed by atoms with Gasteiger partial charge in [0.25, 0.3) is 0 Å². The van der Waals surface area contributed by atoms with Gasteiger partial charge in [0, 0.05) is 13.6 Å². The number of nitrogens with zero attached hydrogens (tertiary/aromatic N) is 2. The van der Waals surface area contributed by atoms with Crippen LogP contribution in [0.4, 0.5) is 0 Å². The van der Waals surface area contributed by atoms with Crippen molar-refractivity contribution < 1.29 is 17.9 Å². The van der Waals surface area contributed by atoms with E-state index in [1.54, 1.807) is 32.4 Å². The number of methoxy groups -OCH3 is 2. The molecule has 0 atom stereocenters. The molecular formula is C18H20N2O4S. The number of hydrogen-bond acceptors (Lipinski definition) is 5. The van der Waals surface area contributed by atoms with Crippen LogP contribution in [0.1, 0.15) is 11.1 Å². The number of likely N-dealkylation sites (N-methyl/N-ethyl adjacent to an activating group) is 1. The Morgan fingerprint density at radius 1 is 1.08 bits per heavy atom. The van der Waals surface area contributed by atoms with Gasteiger partial charge in [-0.3, -0.25) is 0 Å². The molecule has 0 fully saturated rings. The van der Waals surface area contributed by atoms with E-state index < -0.39 is 10.0 Å². The lowest BCUT2D eigenvalue weighted by atomic mass is 10.1. The Balaban J connectivity index is 2.17. The van der Waals surface area contributed by atoms with Gasteiger partial charge in [-0.25, -0.2) is 12.7 Å². The van der Waals surface area contributed by atoms with Gasteiger partial charge in [-0.05, 0) is 36.2 Å². The van der Waals surface area contributed by atoms with Crippen LogP contribution in [-0.2, 0) is 16.4 Å². The van der Waals surface area contributed by atoms with Gasteiger partial charge in [0.1, 0.15) is 6.07 Å². The van der Waals surface area contributed by atoms with Crippen molar-refractivity contribution in [3.8, 4) is 17.6 Å². The average Bonchev–Trinajstić information content (AvgIpc) is 2.65. The van der Waals surface area contributed by atoms with Crippen molar-refractivity contribution in [1.29, 1.82) is 5.26 Å². The molecule has 0 N–H and O–H groups in total. The van der Waals surface area contributed by atoms with E-state index in [2.05, 4.69) is 0 Å². The van der Waals surface area contributed by atoms with Crippen molar-refractivity contribution in [2.45, 2.75) is 11.3 Å². The van der Waals surface area contributed by atoms with Crippen molar-refractivity contribution in [3.05, 3.63) is 53.6 Å². The van der Waals surface area contributed by atoms with Crippen LogP contribution in [0.2, 0.25) is 0 Å². The topological polar surface area (TPSA) is 79.6 Å². The predicted octanol–water partition coefficient (Wildman–Crippen LogP) is 2.44. The molecule has 25 heavy (non-hydrogen) atoms. The third-order valence-corrected chi connectivity index (χ3v) is 5.77. The first-order valence-electron chi connectivity index (χ1n) is 7.60. The summed E-state index contributed by atoms with van der Waals surface area (Å²) in [6.45, 7) is 0.275. The molecule has 0 saturated carbocycles. The zero-order valence-corrected chi connectivity index (χ0v) is 15.2. The van der Waals surface area contributed by atoms with Gasteiger partial charge in [-0.15, -0.1) is 0 Å². The van der Waals surface area contributed by atoms with Crippen LogP contribution in [-0.4, -0.2) is 40.5 Å². The molecule has 0 aliphatic heterocycles. The molecule has 0 aromatic heterocycles. The fraction of sp³-hybridized carbons (Fsp3) is 0.278. The highest BCUT2D eigenvalue weighted by molar-refractivity contribution is 7.89. The van der Waals surface area contributed by atoms with Gasteiger partial charge >= 0.3 is 0 Å². The lowest BCUT2D eigenvalue weighted by Crippen LogP contribution is -2.29. The number of hydrogen-bond donors (Lipinski definition) is 0. The molecule has 0 amide bonds. The Bertz CT molecular complexity index is 888. The van der Waals surface area contributed by atoms with Crippen molar-refractivity contribution >= 4 is 10.0 Å². The highest BCUT2D eigenvalue weighted by Gasteiger charge is 2.23. The van der Waals surface area contributed by atoms with Crippen LogP contribution < -0.4 is 9.47 Å². The lowest BCUT2D eigenvalue weighted by molar-refractivity contribution is 0.354. The van der Waals surface area contributed by atoms with Gasteiger partial charge in [0.2, 0.25) is 10.0 Å². The molecule has 0 aliphatic rings. The molecule has 2 aromatic carbocycles. The van der Waals surface area contributed by atoms with E-state index in [-0.39, 0.29) is 17.0 Å². The molecule has 0 heterocycles. The second-order valence-electron chi connectivity index (χ2n) is 5.37. The highest BCUT2D eigenvalue weighted by atomic mass is 32.2. The summed E-state index contributed by atoms with van der Waals surface area (Å²) in [5.41, 5.74) is 1.06. The van der Waals surface area contributed by atoms with Gasteiger partial charge in [0.15, 0.2) is 11.5 Å². The smallest absolute Gasteiger partial charge is 0.244 e. The third kappa shape index (κ3) is 4.10. The largest absolute Gasteiger partial charge is 0.493 e. The monoisotopic (exact) mass is 360 g/mol. The van der Waals surface area contributed by atoms with Gasteiger partial charge in [-0.2, -0.15) is 5.26 Å². The Kier molecular flexibility index (Phi) is 6.02. The molecule has 2 aromatic rings. The third-order valence-electron chi connectivity index (χ3n) is 3.86. The van der Waals surface area contributed by atoms with Crippen LogP contribution in [0, 0.1) is 11.3 Å². The van der Waals surface area contributed by atoms with Crippen LogP contribution in [0.15, 0.2) is 47.4 Å². The van der Waals surface area contributed by atoms with E-state index >= 15 is 0 Å². The Morgan fingerprint density at radius 3 is 2.40 bits per heavy atom. The van der Waals surface area contributed by atoms with Gasteiger partial charge in [0.05, 0.1) is 24.7 Å². The number of benzene rings is 2. The fourth-order valence-electron chi connectivity index (χ4n) is 2.39. The number of ether oxygens (including phenoxy) is 2. The zero-order valence-electron chi connectivity index (χ0n) is 14.4. The fourth-order valence-corrected chi connectivity index (χ4v) is 3.70. The van der Waals surface area contributed by atoms with E-state index in [4.69, 9.17) is 14.7 Å². The van der Waals surface area contributed by atoms with E-state index in [0.29, 0.717) is 17.9 Å². The van der Waals surface area contributed by atoms with Crippen LogP contribution in [0.25, 0.3) is 0 Å². The first-order valence-corrected chi connectivity index (χ1v) is 9.04. The maximum absolute atomic E-state index is 12.7. The molecule has 6 nitrogen and oxygen atoms in total. The summed E-state index contributed by atoms with van der Waals surface area (Å²) >= 11 is 0. The molecule has 0 spiro atoms. The van der Waals surface area contributed by atoms with Crippen LogP contribution in [0.3, 0.4) is 0 Å². The maximum atomic E-state index is 12.7. The van der Waals surface area contributed by atoms with Crippen molar-refractivity contribution in [2.24, 2.45) is 0 Å². The molecule has 0 bridgehead atoms. The molecule has 2 rings (SSSR count). The minimum absolute atomic E-state index is 0.0207. The van der Waals surface area contributed by atoms with E-state index in [1.807, 2.05) is 18.2 Å². The molecule has 7 heteroatoms. The second kappa shape index (κ2) is 8.01. The normalized spacial score (nSPS) is 11.2. The molecule has 0 unspecified atom stereocenters. The Morgan fingerprint density at radius 2 is 1.76 bits per heavy atom. The van der Waals surface area contributed by atoms with Crippen molar-refractivity contribution in [2.75, 3.05) is 27.8 Å². The highest BCUT2D eigenvalue weighted by Crippen LogP contribution is 2.28. The summed E-state index contributed by atoms with van der Waals surface area (Å²) in [6.07, 6.45) is 0.505. The Hall–Kier alpha value is -2.56. The summed E-state index contributed by atoms with van der Waals surface area (Å²) in [5.74, 6) is 1.22. The summed E-state index contributed by atoms with van der Waals surface area (Å²) < 4.78 is 37.1. The van der Waals surface area contributed by atoms with E-state index in [9.17, 15) is 8.42 Å². The summed E-state index contributed by atoms with van der Waals surface area (Å²) in [4.78, 5) is 0.0207. The van der Waals surface area contributed by atoms with Crippen LogP contribution in [0.5, 0.6) is 11.5 Å². The first kappa shape index (κ1) is 18.8. The van der Waals surface area contributed by atoms with Gasteiger partial charge < -0.3 is 9.47 Å². The molecule has 132 valence electrons. The van der Waals surface area contributed by atoms with E-state index in [0.717, 1.165) is 5.56 Å². The minimum Gasteiger partial charge on any atom is -0.493 e. The molecular weight excluding hydrogens is 340 g/mol. The van der Waals surface area contributed by atoms with Crippen LogP contribution >= 0.6 is 0 Å². The summed E-state index contributed by atoms with van der Waals surface area (Å²) in [5, 5.41) is 9.12. The molecule has 0 radical (unpaired) electrons. The van der Waals surface area contributed by atoms with E-state index in [1.165, 1.54) is 23.5 Å². The summed E-state index contributed by atoms with van der Waals surface area (Å²) in [7, 11) is 0.891. The predicted molar refractivity (Wildman–Crippen MR) is 94.2 cm³/mol. The zero-order chi connectivity index (χ0) is 18.4. The van der Waals surface area contributed by atoms with Gasteiger partial charge in [-0.1, -0.05) is 18.2 Å². The number of sulfonamides is 1. The number of rotatable bonds is 7.